The average Bonchev–Trinajstić information content (AvgIpc) is 2.58. The Bertz CT molecular complexity index is 457. The van der Waals surface area contributed by atoms with Crippen molar-refractivity contribution in [1.82, 2.24) is 9.97 Å². The molecule has 2 aromatic rings. The third kappa shape index (κ3) is 2.55. The summed E-state index contributed by atoms with van der Waals surface area (Å²) in [6.07, 6.45) is 0. The first-order valence-corrected chi connectivity index (χ1v) is 6.31. The molecule has 5 heteroatoms. The van der Waals surface area contributed by atoms with Crippen molar-refractivity contribution in [3.63, 3.8) is 0 Å². The number of fused-ring (bicyclic) bond motifs is 1. The highest BCUT2D eigenvalue weighted by molar-refractivity contribution is 7.91. The van der Waals surface area contributed by atoms with Gasteiger partial charge in [0.05, 0.1) is 11.0 Å². The molecule has 0 fully saturated rings. The Morgan fingerprint density at radius 2 is 2.12 bits per heavy atom. The van der Waals surface area contributed by atoms with Crippen LogP contribution in [0, 0.1) is 0 Å². The van der Waals surface area contributed by atoms with Crippen LogP contribution in [0.2, 0.25) is 0 Å². The van der Waals surface area contributed by atoms with E-state index >= 15 is 0 Å². The van der Waals surface area contributed by atoms with E-state index in [0.29, 0.717) is 5.16 Å². The number of H-pyrrole nitrogens is 1. The molecule has 0 aliphatic rings. The molecule has 85 valence electrons. The number of imidazole rings is 1. The van der Waals surface area contributed by atoms with Crippen molar-refractivity contribution < 1.29 is 9.66 Å². The predicted octanol–water partition coefficient (Wildman–Crippen LogP) is 1.88. The van der Waals surface area contributed by atoms with Gasteiger partial charge in [-0.15, -0.1) is 0 Å². The first-order chi connectivity index (χ1) is 7.46. The molecule has 0 saturated carbocycles. The molecule has 1 heterocycles. The lowest BCUT2D eigenvalue weighted by Gasteiger charge is -2.15. The number of benzene rings is 1. The largest absolute Gasteiger partial charge is 0.609 e. The van der Waals surface area contributed by atoms with E-state index in [9.17, 15) is 9.66 Å². The summed E-state index contributed by atoms with van der Waals surface area (Å²) >= 11 is -1.36. The number of aromatic nitrogens is 2. The van der Waals surface area contributed by atoms with Gasteiger partial charge >= 0.3 is 5.16 Å². The molecule has 1 radical (unpaired) electrons. The highest BCUT2D eigenvalue weighted by atomic mass is 32.2. The van der Waals surface area contributed by atoms with Crippen LogP contribution in [0.4, 0.5) is 0 Å². The maximum absolute atomic E-state index is 11.8. The van der Waals surface area contributed by atoms with E-state index in [4.69, 9.17) is 0 Å². The van der Waals surface area contributed by atoms with Crippen molar-refractivity contribution in [3.05, 3.63) is 24.3 Å². The SMILES string of the molecule is CC(C)([O])C[S+]([O-])c1nc2ccccc2[nH]1. The van der Waals surface area contributed by atoms with Crippen LogP contribution in [0.25, 0.3) is 11.0 Å². The van der Waals surface area contributed by atoms with Gasteiger partial charge < -0.3 is 4.55 Å². The molecule has 2 rings (SSSR count). The minimum Gasteiger partial charge on any atom is -0.609 e. The second-order valence-electron chi connectivity index (χ2n) is 4.31. The first-order valence-electron chi connectivity index (χ1n) is 4.99. The van der Waals surface area contributed by atoms with Crippen molar-refractivity contribution in [1.29, 1.82) is 0 Å². The summed E-state index contributed by atoms with van der Waals surface area (Å²) in [6.45, 7) is 3.04. The fraction of sp³-hybridized carbons (Fsp3) is 0.364. The Labute approximate surface area is 96.9 Å². The molecular weight excluding hydrogens is 224 g/mol. The lowest BCUT2D eigenvalue weighted by molar-refractivity contribution is 0.0248. The smallest absolute Gasteiger partial charge is 0.321 e. The molecule has 4 nitrogen and oxygen atoms in total. The number of nitrogens with one attached hydrogen (secondary N) is 1. The van der Waals surface area contributed by atoms with Gasteiger partial charge in [-0.1, -0.05) is 12.1 Å². The third-order valence-corrected chi connectivity index (χ3v) is 3.64. The fourth-order valence-corrected chi connectivity index (χ4v) is 2.61. The standard InChI is InChI=1S/C11H13N2O2S/c1-11(2,14)7-16(15)10-12-8-5-3-4-6-9(8)13-10/h3-6H,7H2,1-2H3,(H,12,13). The molecular formula is C11H13N2O2S. The summed E-state index contributed by atoms with van der Waals surface area (Å²) in [5, 5.41) is 11.8. The van der Waals surface area contributed by atoms with Crippen LogP contribution in [0.1, 0.15) is 13.8 Å². The zero-order valence-electron chi connectivity index (χ0n) is 9.19. The number of rotatable bonds is 3. The molecule has 0 saturated heterocycles. The van der Waals surface area contributed by atoms with Gasteiger partial charge in [0.1, 0.15) is 11.4 Å². The molecule has 0 aliphatic heterocycles. The highest BCUT2D eigenvalue weighted by Gasteiger charge is 2.27. The quantitative estimate of drug-likeness (QED) is 0.828. The third-order valence-electron chi connectivity index (χ3n) is 2.06. The van der Waals surface area contributed by atoms with Crippen molar-refractivity contribution in [2.75, 3.05) is 5.75 Å². The van der Waals surface area contributed by atoms with Crippen LogP contribution in [-0.2, 0) is 16.3 Å². The minimum atomic E-state index is -1.36. The van der Waals surface area contributed by atoms with Gasteiger partial charge in [-0.05, 0) is 26.0 Å². The number of hydrogen-bond acceptors (Lipinski definition) is 2. The summed E-state index contributed by atoms with van der Waals surface area (Å²) in [5.41, 5.74) is 0.410. The second-order valence-corrected chi connectivity index (χ2v) is 5.68. The lowest BCUT2D eigenvalue weighted by Crippen LogP contribution is -2.29. The Balaban J connectivity index is 2.26. The predicted molar refractivity (Wildman–Crippen MR) is 62.1 cm³/mol. The number of aromatic amines is 1. The molecule has 0 amide bonds. The van der Waals surface area contributed by atoms with Gasteiger partial charge in [0.15, 0.2) is 0 Å². The molecule has 1 aromatic carbocycles. The van der Waals surface area contributed by atoms with E-state index in [-0.39, 0.29) is 5.75 Å². The van der Waals surface area contributed by atoms with Crippen LogP contribution >= 0.6 is 0 Å². The molecule has 0 bridgehead atoms. The number of nitrogens with zero attached hydrogens (tertiary/aromatic N) is 1. The lowest BCUT2D eigenvalue weighted by atomic mass is 10.2. The fourth-order valence-electron chi connectivity index (χ4n) is 1.42. The summed E-state index contributed by atoms with van der Waals surface area (Å²) in [7, 11) is 0. The average molecular weight is 237 g/mol. The zero-order chi connectivity index (χ0) is 11.8. The highest BCUT2D eigenvalue weighted by Crippen LogP contribution is 2.18. The summed E-state index contributed by atoms with van der Waals surface area (Å²) in [5.74, 6) is 0.0623. The zero-order valence-corrected chi connectivity index (χ0v) is 10.0. The number of para-hydroxylation sites is 2. The van der Waals surface area contributed by atoms with Crippen LogP contribution < -0.4 is 0 Å². The van der Waals surface area contributed by atoms with Crippen molar-refractivity contribution in [3.8, 4) is 0 Å². The van der Waals surface area contributed by atoms with Crippen molar-refractivity contribution >= 4 is 22.2 Å². The van der Waals surface area contributed by atoms with Crippen LogP contribution in [-0.4, -0.2) is 25.9 Å². The Morgan fingerprint density at radius 1 is 1.44 bits per heavy atom. The normalized spacial score (nSPS) is 14.2. The van der Waals surface area contributed by atoms with E-state index in [2.05, 4.69) is 9.97 Å². The van der Waals surface area contributed by atoms with Gasteiger partial charge in [0.2, 0.25) is 0 Å². The molecule has 1 unspecified atom stereocenters. The monoisotopic (exact) mass is 237 g/mol. The summed E-state index contributed by atoms with van der Waals surface area (Å²) in [4.78, 5) is 7.17. The Hall–Kier alpha value is -1.04. The molecule has 16 heavy (non-hydrogen) atoms. The maximum Gasteiger partial charge on any atom is 0.321 e. The second kappa shape index (κ2) is 4.08. The molecule has 0 spiro atoms. The van der Waals surface area contributed by atoms with Gasteiger partial charge in [-0.2, -0.15) is 4.98 Å². The van der Waals surface area contributed by atoms with Gasteiger partial charge in [-0.25, -0.2) is 5.11 Å². The van der Waals surface area contributed by atoms with E-state index in [1.165, 1.54) is 13.8 Å². The maximum atomic E-state index is 11.8. The van der Waals surface area contributed by atoms with Gasteiger partial charge in [0.25, 0.3) is 0 Å². The van der Waals surface area contributed by atoms with Crippen molar-refractivity contribution in [2.45, 2.75) is 24.6 Å². The van der Waals surface area contributed by atoms with E-state index in [1.54, 1.807) is 0 Å². The first kappa shape index (κ1) is 11.4. The van der Waals surface area contributed by atoms with E-state index in [0.717, 1.165) is 11.0 Å². The van der Waals surface area contributed by atoms with Gasteiger partial charge in [-0.3, -0.25) is 4.98 Å². The van der Waals surface area contributed by atoms with Crippen LogP contribution in [0.15, 0.2) is 29.4 Å². The van der Waals surface area contributed by atoms with Crippen molar-refractivity contribution in [2.24, 2.45) is 0 Å². The summed E-state index contributed by atoms with van der Waals surface area (Å²) < 4.78 is 11.8. The molecule has 1 atom stereocenters. The molecule has 0 aliphatic carbocycles. The summed E-state index contributed by atoms with van der Waals surface area (Å²) in [6, 6.07) is 7.46. The minimum absolute atomic E-state index is 0.0623. The topological polar surface area (TPSA) is 71.6 Å². The number of hydrogen-bond donors (Lipinski definition) is 1. The Morgan fingerprint density at radius 3 is 2.75 bits per heavy atom. The van der Waals surface area contributed by atoms with E-state index in [1.807, 2.05) is 24.3 Å². The van der Waals surface area contributed by atoms with Crippen LogP contribution in [0.3, 0.4) is 0 Å². The van der Waals surface area contributed by atoms with E-state index < -0.39 is 16.8 Å². The van der Waals surface area contributed by atoms with Gasteiger partial charge in [0, 0.05) is 11.2 Å². The Kier molecular flexibility index (Phi) is 2.92. The molecule has 1 N–H and O–H groups in total. The van der Waals surface area contributed by atoms with Crippen LogP contribution in [0.5, 0.6) is 0 Å². The molecule has 1 aromatic heterocycles.